The van der Waals surface area contributed by atoms with Crippen molar-refractivity contribution in [3.05, 3.63) is 64.9 Å². The number of halogens is 4. The van der Waals surface area contributed by atoms with E-state index >= 15 is 0 Å². The standard InChI is InChI=1S/C29H32ClF3N4O3S/c1-26(2)23(24(38)34-13-19-11-29(32,33)12-19)35-25(36-26)27-15-28(16-27,17-27)37(14-18-8-9-21(30)22(31)10-18)41(39,40)20-6-4-3-5-7-20/h3-10,19,23H,11-17H2,1-2H3,(H,34,38)(H,35,36)/t23-,27?,28?/m1/s1. The number of carbonyl (C=O) groups excluding carboxylic acids is 1. The molecule has 4 aliphatic carbocycles. The van der Waals surface area contributed by atoms with E-state index in [9.17, 15) is 26.4 Å². The molecule has 0 aromatic heterocycles. The third-order valence-electron chi connectivity index (χ3n) is 9.06. The second-order valence-corrected chi connectivity index (χ2v) is 14.9. The van der Waals surface area contributed by atoms with E-state index in [1.54, 1.807) is 36.4 Å². The molecular formula is C29H32ClF3N4O3S. The molecule has 7 rings (SSSR count). The topological polar surface area (TPSA) is 90.9 Å². The molecule has 7 nitrogen and oxygen atoms in total. The Morgan fingerprint density at radius 1 is 1.12 bits per heavy atom. The summed E-state index contributed by atoms with van der Waals surface area (Å²) in [6.07, 6.45) is 1.10. The van der Waals surface area contributed by atoms with Crippen molar-refractivity contribution in [1.29, 1.82) is 0 Å². The number of amidine groups is 1. The Labute approximate surface area is 242 Å². The number of aliphatic imine (C=N–C) groups is 1. The fourth-order valence-electron chi connectivity index (χ4n) is 6.91. The van der Waals surface area contributed by atoms with Crippen LogP contribution in [-0.2, 0) is 21.4 Å². The van der Waals surface area contributed by atoms with Gasteiger partial charge in [-0.2, -0.15) is 4.31 Å². The number of nitrogens with zero attached hydrogens (tertiary/aromatic N) is 2. The molecule has 2 bridgehead atoms. The average Bonchev–Trinajstić information content (AvgIpc) is 3.16. The van der Waals surface area contributed by atoms with E-state index in [4.69, 9.17) is 16.6 Å². The number of amides is 1. The van der Waals surface area contributed by atoms with Crippen LogP contribution in [0.25, 0.3) is 0 Å². The smallest absolute Gasteiger partial charge is 0.248 e. The summed E-state index contributed by atoms with van der Waals surface area (Å²) >= 11 is 5.86. The van der Waals surface area contributed by atoms with Gasteiger partial charge in [-0.25, -0.2) is 21.6 Å². The molecule has 0 radical (unpaired) electrons. The zero-order chi connectivity index (χ0) is 29.4. The van der Waals surface area contributed by atoms with Crippen molar-refractivity contribution in [2.24, 2.45) is 16.3 Å². The first-order valence-corrected chi connectivity index (χ1v) is 15.5. The largest absolute Gasteiger partial charge is 0.360 e. The number of hydrogen-bond acceptors (Lipinski definition) is 5. The maximum Gasteiger partial charge on any atom is 0.248 e. The minimum atomic E-state index is -3.92. The molecule has 2 N–H and O–H groups in total. The molecular weight excluding hydrogens is 577 g/mol. The number of carbonyl (C=O) groups is 1. The highest BCUT2D eigenvalue weighted by Gasteiger charge is 2.75. The lowest BCUT2D eigenvalue weighted by Crippen LogP contribution is -2.78. The molecule has 2 aromatic rings. The van der Waals surface area contributed by atoms with E-state index in [1.807, 2.05) is 13.8 Å². The first-order chi connectivity index (χ1) is 19.1. The Kier molecular flexibility index (Phi) is 6.56. The second-order valence-electron chi connectivity index (χ2n) is 12.7. The van der Waals surface area contributed by atoms with Crippen LogP contribution in [0.2, 0.25) is 5.02 Å². The van der Waals surface area contributed by atoms with Gasteiger partial charge in [-0.1, -0.05) is 35.9 Å². The maximum atomic E-state index is 14.3. The van der Waals surface area contributed by atoms with E-state index in [0.29, 0.717) is 30.7 Å². The summed E-state index contributed by atoms with van der Waals surface area (Å²) in [5.74, 6) is -3.10. The van der Waals surface area contributed by atoms with Gasteiger partial charge >= 0.3 is 0 Å². The van der Waals surface area contributed by atoms with Crippen molar-refractivity contribution >= 4 is 33.4 Å². The van der Waals surface area contributed by atoms with Crippen molar-refractivity contribution in [1.82, 2.24) is 14.9 Å². The SMILES string of the molecule is CC1(C)N=C(C23CC(N(Cc4ccc(Cl)c(F)c4)S(=O)(=O)c4ccccc4)(C2)C3)N[C@@H]1C(=O)NCC1CC(F)(F)C1. The van der Waals surface area contributed by atoms with Crippen molar-refractivity contribution < 1.29 is 26.4 Å². The van der Waals surface area contributed by atoms with Crippen LogP contribution < -0.4 is 10.6 Å². The Hall–Kier alpha value is -2.63. The predicted octanol–water partition coefficient (Wildman–Crippen LogP) is 4.90. The number of sulfonamides is 1. The molecule has 1 aliphatic heterocycles. The van der Waals surface area contributed by atoms with E-state index in [1.165, 1.54) is 16.4 Å². The Bertz CT molecular complexity index is 1510. The molecule has 41 heavy (non-hydrogen) atoms. The Balaban J connectivity index is 1.18. The monoisotopic (exact) mass is 608 g/mol. The summed E-state index contributed by atoms with van der Waals surface area (Å²) < 4.78 is 69.8. The zero-order valence-corrected chi connectivity index (χ0v) is 24.3. The van der Waals surface area contributed by atoms with Crippen LogP contribution in [0.15, 0.2) is 58.4 Å². The van der Waals surface area contributed by atoms with E-state index in [-0.39, 0.29) is 47.7 Å². The minimum Gasteiger partial charge on any atom is -0.360 e. The normalized spacial score (nSPS) is 29.5. The van der Waals surface area contributed by atoms with Crippen molar-refractivity contribution in [3.63, 3.8) is 0 Å². The van der Waals surface area contributed by atoms with Gasteiger partial charge in [0.25, 0.3) is 0 Å². The van der Waals surface area contributed by atoms with Gasteiger partial charge in [0, 0.05) is 36.9 Å². The number of hydrogen-bond donors (Lipinski definition) is 2. The summed E-state index contributed by atoms with van der Waals surface area (Å²) in [7, 11) is -3.92. The van der Waals surface area contributed by atoms with Gasteiger partial charge in [-0.15, -0.1) is 0 Å². The lowest BCUT2D eigenvalue weighted by molar-refractivity contribution is -0.151. The molecule has 0 saturated heterocycles. The molecule has 4 saturated carbocycles. The lowest BCUT2D eigenvalue weighted by Gasteiger charge is -2.72. The molecule has 1 heterocycles. The highest BCUT2D eigenvalue weighted by Crippen LogP contribution is 2.71. The van der Waals surface area contributed by atoms with Gasteiger partial charge in [0.15, 0.2) is 0 Å². The van der Waals surface area contributed by atoms with E-state index in [2.05, 4.69) is 10.6 Å². The second kappa shape index (κ2) is 9.44. The third kappa shape index (κ3) is 4.83. The average molecular weight is 609 g/mol. The van der Waals surface area contributed by atoms with Crippen LogP contribution in [0, 0.1) is 17.2 Å². The fraction of sp³-hybridized carbons (Fsp3) is 0.517. The van der Waals surface area contributed by atoms with Crippen molar-refractivity contribution in [3.8, 4) is 0 Å². The van der Waals surface area contributed by atoms with Gasteiger partial charge < -0.3 is 10.6 Å². The first-order valence-electron chi connectivity index (χ1n) is 13.7. The van der Waals surface area contributed by atoms with Crippen molar-refractivity contribution in [2.45, 2.75) is 80.4 Å². The first kappa shape index (κ1) is 28.5. The zero-order valence-electron chi connectivity index (χ0n) is 22.8. The van der Waals surface area contributed by atoms with Gasteiger partial charge in [0.1, 0.15) is 17.7 Å². The van der Waals surface area contributed by atoms with Gasteiger partial charge in [0.05, 0.1) is 15.5 Å². The van der Waals surface area contributed by atoms with Crippen LogP contribution in [0.4, 0.5) is 13.2 Å². The molecule has 12 heteroatoms. The van der Waals surface area contributed by atoms with Gasteiger partial charge in [-0.3, -0.25) is 9.79 Å². The Morgan fingerprint density at radius 2 is 1.78 bits per heavy atom. The van der Waals surface area contributed by atoms with Crippen LogP contribution in [-0.4, -0.2) is 54.1 Å². The lowest BCUT2D eigenvalue weighted by atomic mass is 9.38. The van der Waals surface area contributed by atoms with E-state index in [0.717, 1.165) is 0 Å². The molecule has 4 fully saturated rings. The fourth-order valence-corrected chi connectivity index (χ4v) is 8.81. The quantitative estimate of drug-likeness (QED) is 0.424. The number of nitrogens with one attached hydrogen (secondary N) is 2. The van der Waals surface area contributed by atoms with E-state index < -0.39 is 44.3 Å². The minimum absolute atomic E-state index is 0.0158. The van der Waals surface area contributed by atoms with Gasteiger partial charge in [0.2, 0.25) is 21.9 Å². The van der Waals surface area contributed by atoms with Crippen LogP contribution >= 0.6 is 11.6 Å². The van der Waals surface area contributed by atoms with Gasteiger partial charge in [-0.05, 0) is 68.9 Å². The maximum absolute atomic E-state index is 14.3. The summed E-state index contributed by atoms with van der Waals surface area (Å²) in [6.45, 7) is 3.87. The molecule has 0 unspecified atom stereocenters. The molecule has 2 aromatic carbocycles. The molecule has 0 spiro atoms. The summed E-state index contributed by atoms with van der Waals surface area (Å²) in [5, 5.41) is 6.06. The predicted molar refractivity (Wildman–Crippen MR) is 149 cm³/mol. The summed E-state index contributed by atoms with van der Waals surface area (Å²) in [5.41, 5.74) is -1.33. The van der Waals surface area contributed by atoms with Crippen LogP contribution in [0.5, 0.6) is 0 Å². The highest BCUT2D eigenvalue weighted by atomic mass is 35.5. The molecule has 220 valence electrons. The third-order valence-corrected chi connectivity index (χ3v) is 11.3. The van der Waals surface area contributed by atoms with Crippen LogP contribution in [0.3, 0.4) is 0 Å². The number of alkyl halides is 2. The molecule has 5 aliphatic rings. The summed E-state index contributed by atoms with van der Waals surface area (Å²) in [4.78, 5) is 18.0. The number of benzene rings is 2. The van der Waals surface area contributed by atoms with Crippen molar-refractivity contribution in [2.75, 3.05) is 6.54 Å². The molecule has 1 amide bonds. The summed E-state index contributed by atoms with van der Waals surface area (Å²) in [6, 6.07) is 11.8. The molecule has 1 atom stereocenters. The number of rotatable bonds is 9. The highest BCUT2D eigenvalue weighted by molar-refractivity contribution is 7.89. The Morgan fingerprint density at radius 3 is 2.39 bits per heavy atom. The van der Waals surface area contributed by atoms with Crippen LogP contribution in [0.1, 0.15) is 51.5 Å².